The van der Waals surface area contributed by atoms with Crippen LogP contribution in [0.1, 0.15) is 50.0 Å². The van der Waals surface area contributed by atoms with Crippen molar-refractivity contribution in [2.75, 3.05) is 6.54 Å². The summed E-state index contributed by atoms with van der Waals surface area (Å²) in [4.78, 5) is 12.4. The third-order valence-electron chi connectivity index (χ3n) is 4.03. The van der Waals surface area contributed by atoms with Gasteiger partial charge in [-0.1, -0.05) is 30.8 Å². The summed E-state index contributed by atoms with van der Waals surface area (Å²) >= 11 is 0. The smallest absolute Gasteiger partial charge is 0.227 e. The summed E-state index contributed by atoms with van der Waals surface area (Å²) < 4.78 is 5.10. The SMILES string of the molecule is Cc1cc(CNC(=O)C2(CN)CCCCCC2)on1. The van der Waals surface area contributed by atoms with Gasteiger partial charge >= 0.3 is 0 Å². The second-order valence-corrected chi connectivity index (χ2v) is 5.52. The number of aromatic nitrogens is 1. The number of nitrogens with one attached hydrogen (secondary N) is 1. The molecule has 0 unspecified atom stereocenters. The fourth-order valence-corrected chi connectivity index (χ4v) is 2.78. The first-order valence-electron chi connectivity index (χ1n) is 7.07. The summed E-state index contributed by atoms with van der Waals surface area (Å²) in [6, 6.07) is 1.84. The van der Waals surface area contributed by atoms with E-state index in [0.29, 0.717) is 18.8 Å². The number of rotatable bonds is 4. The van der Waals surface area contributed by atoms with Crippen molar-refractivity contribution in [3.63, 3.8) is 0 Å². The number of nitrogens with zero attached hydrogens (tertiary/aromatic N) is 1. The Morgan fingerprint density at radius 1 is 1.42 bits per heavy atom. The Hall–Kier alpha value is -1.36. The molecule has 0 aliphatic heterocycles. The lowest BCUT2D eigenvalue weighted by molar-refractivity contribution is -0.131. The number of aryl methyl sites for hydroxylation is 1. The highest BCUT2D eigenvalue weighted by Crippen LogP contribution is 2.34. The predicted octanol–water partition coefficient (Wildman–Crippen LogP) is 1.90. The molecule has 3 N–H and O–H groups in total. The highest BCUT2D eigenvalue weighted by Gasteiger charge is 2.37. The average molecular weight is 265 g/mol. The lowest BCUT2D eigenvalue weighted by Gasteiger charge is -2.29. The molecule has 1 aliphatic carbocycles. The van der Waals surface area contributed by atoms with Crippen molar-refractivity contribution < 1.29 is 9.32 Å². The molecule has 5 nitrogen and oxygen atoms in total. The molecule has 1 saturated carbocycles. The molecule has 0 aromatic carbocycles. The lowest BCUT2D eigenvalue weighted by atomic mass is 9.79. The van der Waals surface area contributed by atoms with E-state index in [2.05, 4.69) is 10.5 Å². The Balaban J connectivity index is 1.96. The zero-order chi connectivity index (χ0) is 13.7. The van der Waals surface area contributed by atoms with Gasteiger partial charge in [0.2, 0.25) is 5.91 Å². The van der Waals surface area contributed by atoms with Crippen molar-refractivity contribution in [2.45, 2.75) is 52.0 Å². The molecule has 1 aliphatic rings. The number of carbonyl (C=O) groups is 1. The van der Waals surface area contributed by atoms with Gasteiger partial charge in [-0.25, -0.2) is 0 Å². The molecule has 106 valence electrons. The van der Waals surface area contributed by atoms with Crippen LogP contribution in [-0.4, -0.2) is 17.6 Å². The molecule has 1 amide bonds. The van der Waals surface area contributed by atoms with Crippen molar-refractivity contribution >= 4 is 5.91 Å². The van der Waals surface area contributed by atoms with E-state index >= 15 is 0 Å². The van der Waals surface area contributed by atoms with E-state index in [1.54, 1.807) is 0 Å². The first-order chi connectivity index (χ1) is 9.16. The minimum absolute atomic E-state index is 0.0611. The highest BCUT2D eigenvalue weighted by molar-refractivity contribution is 5.82. The molecule has 1 heterocycles. The fraction of sp³-hybridized carbons (Fsp3) is 0.714. The molecule has 0 spiro atoms. The Morgan fingerprint density at radius 2 is 2.11 bits per heavy atom. The number of carbonyl (C=O) groups excluding carboxylic acids is 1. The summed E-state index contributed by atoms with van der Waals surface area (Å²) in [5.41, 5.74) is 6.33. The van der Waals surface area contributed by atoms with Gasteiger partial charge in [0.15, 0.2) is 5.76 Å². The summed E-state index contributed by atoms with van der Waals surface area (Å²) in [5.74, 6) is 0.748. The third-order valence-corrected chi connectivity index (χ3v) is 4.03. The van der Waals surface area contributed by atoms with Gasteiger partial charge in [-0.2, -0.15) is 0 Å². The van der Waals surface area contributed by atoms with Crippen LogP contribution in [0.25, 0.3) is 0 Å². The van der Waals surface area contributed by atoms with E-state index in [0.717, 1.165) is 31.4 Å². The molecule has 19 heavy (non-hydrogen) atoms. The van der Waals surface area contributed by atoms with Gasteiger partial charge in [-0.3, -0.25) is 4.79 Å². The first-order valence-corrected chi connectivity index (χ1v) is 7.07. The van der Waals surface area contributed by atoms with Gasteiger partial charge < -0.3 is 15.6 Å². The number of nitrogens with two attached hydrogens (primary N) is 1. The first kappa shape index (κ1) is 14.1. The van der Waals surface area contributed by atoms with Crippen LogP contribution >= 0.6 is 0 Å². The Morgan fingerprint density at radius 3 is 2.63 bits per heavy atom. The molecule has 5 heteroatoms. The van der Waals surface area contributed by atoms with Crippen LogP contribution in [0.3, 0.4) is 0 Å². The van der Waals surface area contributed by atoms with Gasteiger partial charge in [-0.05, 0) is 19.8 Å². The molecule has 0 bridgehead atoms. The molecule has 1 aromatic heterocycles. The van der Waals surface area contributed by atoms with Crippen molar-refractivity contribution in [3.05, 3.63) is 17.5 Å². The van der Waals surface area contributed by atoms with Crippen molar-refractivity contribution in [2.24, 2.45) is 11.1 Å². The van der Waals surface area contributed by atoms with E-state index in [-0.39, 0.29) is 11.3 Å². The van der Waals surface area contributed by atoms with E-state index in [9.17, 15) is 4.79 Å². The highest BCUT2D eigenvalue weighted by atomic mass is 16.5. The number of hydrogen-bond donors (Lipinski definition) is 2. The molecular weight excluding hydrogens is 242 g/mol. The Labute approximate surface area is 113 Å². The fourth-order valence-electron chi connectivity index (χ4n) is 2.78. The summed E-state index contributed by atoms with van der Waals surface area (Å²) in [5, 5.41) is 6.76. The maximum atomic E-state index is 12.4. The monoisotopic (exact) mass is 265 g/mol. The zero-order valence-electron chi connectivity index (χ0n) is 11.6. The van der Waals surface area contributed by atoms with Gasteiger partial charge in [-0.15, -0.1) is 0 Å². The quantitative estimate of drug-likeness (QED) is 0.815. The maximum Gasteiger partial charge on any atom is 0.227 e. The molecule has 1 aromatic rings. The third kappa shape index (κ3) is 3.35. The van der Waals surface area contributed by atoms with Gasteiger partial charge in [0.25, 0.3) is 0 Å². The molecule has 0 atom stereocenters. The summed E-state index contributed by atoms with van der Waals surface area (Å²) in [7, 11) is 0. The van der Waals surface area contributed by atoms with Gasteiger partial charge in [0.1, 0.15) is 0 Å². The lowest BCUT2D eigenvalue weighted by Crippen LogP contribution is -2.45. The summed E-state index contributed by atoms with van der Waals surface area (Å²) in [6.45, 7) is 2.68. The predicted molar refractivity (Wildman–Crippen MR) is 72.3 cm³/mol. The molecule has 2 rings (SSSR count). The van der Waals surface area contributed by atoms with E-state index in [1.165, 1.54) is 12.8 Å². The van der Waals surface area contributed by atoms with Gasteiger partial charge in [0, 0.05) is 12.6 Å². The van der Waals surface area contributed by atoms with Crippen LogP contribution in [0.4, 0.5) is 0 Å². The largest absolute Gasteiger partial charge is 0.359 e. The van der Waals surface area contributed by atoms with E-state index in [1.807, 2.05) is 13.0 Å². The normalized spacial score (nSPS) is 18.8. The van der Waals surface area contributed by atoms with Crippen LogP contribution in [-0.2, 0) is 11.3 Å². The maximum absolute atomic E-state index is 12.4. The zero-order valence-corrected chi connectivity index (χ0v) is 11.6. The second kappa shape index (κ2) is 6.19. The molecule has 0 radical (unpaired) electrons. The minimum atomic E-state index is -0.383. The minimum Gasteiger partial charge on any atom is -0.359 e. The van der Waals surface area contributed by atoms with Crippen LogP contribution < -0.4 is 11.1 Å². The molecular formula is C14H23N3O2. The van der Waals surface area contributed by atoms with Gasteiger partial charge in [0.05, 0.1) is 17.7 Å². The van der Waals surface area contributed by atoms with Crippen molar-refractivity contribution in [1.82, 2.24) is 10.5 Å². The Kier molecular flexibility index (Phi) is 4.58. The van der Waals surface area contributed by atoms with Crippen LogP contribution in [0, 0.1) is 12.3 Å². The summed E-state index contributed by atoms with van der Waals surface area (Å²) in [6.07, 6.45) is 6.38. The standard InChI is InChI=1S/C14H23N3O2/c1-11-8-12(19-17-11)9-16-13(18)14(10-15)6-4-2-3-5-7-14/h8H,2-7,9-10,15H2,1H3,(H,16,18). The van der Waals surface area contributed by atoms with Crippen molar-refractivity contribution in [3.8, 4) is 0 Å². The topological polar surface area (TPSA) is 81.2 Å². The van der Waals surface area contributed by atoms with Crippen molar-refractivity contribution in [1.29, 1.82) is 0 Å². The second-order valence-electron chi connectivity index (χ2n) is 5.52. The molecule has 0 saturated heterocycles. The van der Waals surface area contributed by atoms with E-state index < -0.39 is 0 Å². The van der Waals surface area contributed by atoms with Crippen LogP contribution in [0.15, 0.2) is 10.6 Å². The Bertz CT molecular complexity index is 420. The molecule has 1 fully saturated rings. The average Bonchev–Trinajstić information content (AvgIpc) is 2.69. The van der Waals surface area contributed by atoms with Crippen LogP contribution in [0.5, 0.6) is 0 Å². The van der Waals surface area contributed by atoms with Crippen LogP contribution in [0.2, 0.25) is 0 Å². The number of hydrogen-bond acceptors (Lipinski definition) is 4. The van der Waals surface area contributed by atoms with E-state index in [4.69, 9.17) is 10.3 Å². The number of amides is 1.